The van der Waals surface area contributed by atoms with Gasteiger partial charge in [-0.25, -0.2) is 4.99 Å². The SMILES string of the molecule is CCC1CCC(N=C(N)NC(C)C)C1C. The molecule has 0 radical (unpaired) electrons. The number of guanidine groups is 1. The molecule has 3 atom stereocenters. The highest BCUT2D eigenvalue weighted by atomic mass is 15.1. The molecule has 1 rings (SSSR count). The second-order valence-electron chi connectivity index (χ2n) is 4.99. The molecule has 0 bridgehead atoms. The molecular weight excluding hydrogens is 186 g/mol. The Morgan fingerprint density at radius 2 is 2.13 bits per heavy atom. The number of hydrogen-bond donors (Lipinski definition) is 2. The van der Waals surface area contributed by atoms with Crippen LogP contribution in [-0.4, -0.2) is 18.0 Å². The lowest BCUT2D eigenvalue weighted by atomic mass is 9.94. The molecule has 0 aromatic rings. The third-order valence-electron chi connectivity index (χ3n) is 3.45. The van der Waals surface area contributed by atoms with Crippen molar-refractivity contribution in [1.29, 1.82) is 0 Å². The van der Waals surface area contributed by atoms with E-state index in [9.17, 15) is 0 Å². The van der Waals surface area contributed by atoms with Crippen LogP contribution >= 0.6 is 0 Å². The molecule has 1 aliphatic rings. The Bertz CT molecular complexity index is 223. The first-order valence-electron chi connectivity index (χ1n) is 6.14. The number of rotatable bonds is 3. The summed E-state index contributed by atoms with van der Waals surface area (Å²) in [6.07, 6.45) is 3.77. The van der Waals surface area contributed by atoms with Crippen LogP contribution in [0.25, 0.3) is 0 Å². The molecule has 3 nitrogen and oxygen atoms in total. The van der Waals surface area contributed by atoms with Crippen LogP contribution < -0.4 is 11.1 Å². The number of nitrogens with one attached hydrogen (secondary N) is 1. The molecule has 0 aromatic heterocycles. The fourth-order valence-corrected chi connectivity index (χ4v) is 2.49. The first kappa shape index (κ1) is 12.3. The van der Waals surface area contributed by atoms with E-state index >= 15 is 0 Å². The molecule has 1 saturated carbocycles. The van der Waals surface area contributed by atoms with Crippen LogP contribution in [-0.2, 0) is 0 Å². The maximum absolute atomic E-state index is 5.84. The van der Waals surface area contributed by atoms with E-state index in [0.717, 1.165) is 5.92 Å². The van der Waals surface area contributed by atoms with Crippen molar-refractivity contribution in [1.82, 2.24) is 5.32 Å². The maximum atomic E-state index is 5.84. The van der Waals surface area contributed by atoms with Gasteiger partial charge in [-0.05, 0) is 38.5 Å². The first-order chi connectivity index (χ1) is 7.04. The van der Waals surface area contributed by atoms with Crippen molar-refractivity contribution >= 4 is 5.96 Å². The zero-order chi connectivity index (χ0) is 11.4. The predicted molar refractivity (Wildman–Crippen MR) is 65.9 cm³/mol. The zero-order valence-corrected chi connectivity index (χ0v) is 10.5. The highest BCUT2D eigenvalue weighted by Crippen LogP contribution is 2.35. The minimum Gasteiger partial charge on any atom is -0.370 e. The Morgan fingerprint density at radius 3 is 2.60 bits per heavy atom. The molecule has 0 spiro atoms. The molecule has 0 heterocycles. The zero-order valence-electron chi connectivity index (χ0n) is 10.5. The van der Waals surface area contributed by atoms with E-state index < -0.39 is 0 Å². The summed E-state index contributed by atoms with van der Waals surface area (Å²) < 4.78 is 0. The number of hydrogen-bond acceptors (Lipinski definition) is 1. The van der Waals surface area contributed by atoms with Gasteiger partial charge in [-0.3, -0.25) is 0 Å². The Balaban J connectivity index is 2.51. The predicted octanol–water partition coefficient (Wildman–Crippen LogP) is 2.12. The summed E-state index contributed by atoms with van der Waals surface area (Å²) in [5, 5.41) is 3.15. The summed E-state index contributed by atoms with van der Waals surface area (Å²) in [6, 6.07) is 0.800. The summed E-state index contributed by atoms with van der Waals surface area (Å²) in [5.74, 6) is 2.13. The highest BCUT2D eigenvalue weighted by Gasteiger charge is 2.31. The van der Waals surface area contributed by atoms with E-state index in [1.807, 2.05) is 0 Å². The molecular formula is C12H25N3. The summed E-state index contributed by atoms with van der Waals surface area (Å²) in [5.41, 5.74) is 5.84. The standard InChI is InChI=1S/C12H25N3/c1-5-10-6-7-11(9(10)4)15-12(13)14-8(2)3/h8-11H,5-7H2,1-4H3,(H3,13,14,15). The van der Waals surface area contributed by atoms with Crippen molar-refractivity contribution < 1.29 is 0 Å². The lowest BCUT2D eigenvalue weighted by molar-refractivity contribution is 0.382. The van der Waals surface area contributed by atoms with Crippen LogP contribution in [0.5, 0.6) is 0 Å². The van der Waals surface area contributed by atoms with Crippen molar-refractivity contribution in [3.05, 3.63) is 0 Å². The highest BCUT2D eigenvalue weighted by molar-refractivity contribution is 5.78. The van der Waals surface area contributed by atoms with E-state index in [1.165, 1.54) is 19.3 Å². The average molecular weight is 211 g/mol. The van der Waals surface area contributed by atoms with Gasteiger partial charge in [-0.15, -0.1) is 0 Å². The van der Waals surface area contributed by atoms with Crippen LogP contribution in [0.4, 0.5) is 0 Å². The largest absolute Gasteiger partial charge is 0.370 e. The van der Waals surface area contributed by atoms with Crippen molar-refractivity contribution in [2.45, 2.75) is 59.0 Å². The molecule has 3 unspecified atom stereocenters. The van der Waals surface area contributed by atoms with Crippen LogP contribution in [0.3, 0.4) is 0 Å². The smallest absolute Gasteiger partial charge is 0.189 e. The normalized spacial score (nSPS) is 32.3. The van der Waals surface area contributed by atoms with Gasteiger partial charge in [-0.1, -0.05) is 20.3 Å². The Morgan fingerprint density at radius 1 is 1.47 bits per heavy atom. The molecule has 0 amide bonds. The van der Waals surface area contributed by atoms with Crippen molar-refractivity contribution in [2.24, 2.45) is 22.6 Å². The fourth-order valence-electron chi connectivity index (χ4n) is 2.49. The summed E-state index contributed by atoms with van der Waals surface area (Å²) >= 11 is 0. The van der Waals surface area contributed by atoms with Gasteiger partial charge in [0, 0.05) is 6.04 Å². The lowest BCUT2D eigenvalue weighted by Gasteiger charge is -2.17. The van der Waals surface area contributed by atoms with Crippen LogP contribution in [0, 0.1) is 11.8 Å². The Hall–Kier alpha value is -0.730. The van der Waals surface area contributed by atoms with Crippen LogP contribution in [0.1, 0.15) is 47.0 Å². The molecule has 0 aliphatic heterocycles. The van der Waals surface area contributed by atoms with Gasteiger partial charge in [0.1, 0.15) is 0 Å². The molecule has 3 heteroatoms. The third kappa shape index (κ3) is 3.40. The van der Waals surface area contributed by atoms with E-state index in [-0.39, 0.29) is 0 Å². The second-order valence-corrected chi connectivity index (χ2v) is 4.99. The summed E-state index contributed by atoms with van der Waals surface area (Å²) in [4.78, 5) is 4.58. The quantitative estimate of drug-likeness (QED) is 0.555. The van der Waals surface area contributed by atoms with Gasteiger partial charge in [0.15, 0.2) is 5.96 Å². The van der Waals surface area contributed by atoms with Crippen molar-refractivity contribution in [3.8, 4) is 0 Å². The number of aliphatic imine (C=N–C) groups is 1. The van der Waals surface area contributed by atoms with Gasteiger partial charge in [-0.2, -0.15) is 0 Å². The molecule has 88 valence electrons. The van der Waals surface area contributed by atoms with E-state index in [2.05, 4.69) is 38.0 Å². The first-order valence-corrected chi connectivity index (χ1v) is 6.14. The monoisotopic (exact) mass is 211 g/mol. The van der Waals surface area contributed by atoms with Crippen LogP contribution in [0.2, 0.25) is 0 Å². The van der Waals surface area contributed by atoms with Crippen LogP contribution in [0.15, 0.2) is 4.99 Å². The van der Waals surface area contributed by atoms with Gasteiger partial charge in [0.2, 0.25) is 0 Å². The van der Waals surface area contributed by atoms with Gasteiger partial charge in [0.25, 0.3) is 0 Å². The van der Waals surface area contributed by atoms with Gasteiger partial charge < -0.3 is 11.1 Å². The van der Waals surface area contributed by atoms with E-state index in [1.54, 1.807) is 0 Å². The van der Waals surface area contributed by atoms with Crippen molar-refractivity contribution in [3.63, 3.8) is 0 Å². The fraction of sp³-hybridized carbons (Fsp3) is 0.917. The third-order valence-corrected chi connectivity index (χ3v) is 3.45. The number of nitrogens with two attached hydrogens (primary N) is 1. The number of nitrogens with zero attached hydrogens (tertiary/aromatic N) is 1. The maximum Gasteiger partial charge on any atom is 0.189 e. The van der Waals surface area contributed by atoms with Gasteiger partial charge >= 0.3 is 0 Å². The van der Waals surface area contributed by atoms with Crippen molar-refractivity contribution in [2.75, 3.05) is 0 Å². The Kier molecular flexibility index (Phi) is 4.43. The molecule has 15 heavy (non-hydrogen) atoms. The lowest BCUT2D eigenvalue weighted by Crippen LogP contribution is -2.38. The molecule has 1 aliphatic carbocycles. The van der Waals surface area contributed by atoms with E-state index in [0.29, 0.717) is 24.0 Å². The molecule has 0 aromatic carbocycles. The minimum absolute atomic E-state index is 0.368. The second kappa shape index (κ2) is 5.38. The van der Waals surface area contributed by atoms with E-state index in [4.69, 9.17) is 5.73 Å². The molecule has 3 N–H and O–H groups in total. The Labute approximate surface area is 93.5 Å². The molecule has 0 saturated heterocycles. The average Bonchev–Trinajstić information content (AvgIpc) is 2.46. The molecule has 1 fully saturated rings. The summed E-state index contributed by atoms with van der Waals surface area (Å²) in [6.45, 7) is 8.73. The minimum atomic E-state index is 0.368. The summed E-state index contributed by atoms with van der Waals surface area (Å²) in [7, 11) is 0. The topological polar surface area (TPSA) is 50.4 Å². The van der Waals surface area contributed by atoms with Gasteiger partial charge in [0.05, 0.1) is 6.04 Å².